The van der Waals surface area contributed by atoms with Gasteiger partial charge in [0.25, 0.3) is 0 Å². The second-order valence-corrected chi connectivity index (χ2v) is 5.76. The van der Waals surface area contributed by atoms with Gasteiger partial charge in [-0.3, -0.25) is 0 Å². The van der Waals surface area contributed by atoms with Crippen LogP contribution in [0.4, 0.5) is 0 Å². The van der Waals surface area contributed by atoms with Crippen LogP contribution in [0.15, 0.2) is 48.5 Å². The highest BCUT2D eigenvalue weighted by Crippen LogP contribution is 2.17. The third-order valence-electron chi connectivity index (χ3n) is 3.91. The fourth-order valence-corrected chi connectivity index (χ4v) is 2.69. The molecule has 0 radical (unpaired) electrons. The lowest BCUT2D eigenvalue weighted by molar-refractivity contribution is 0.0927. The van der Waals surface area contributed by atoms with Crippen molar-refractivity contribution >= 4 is 11.0 Å². The van der Waals surface area contributed by atoms with Crippen molar-refractivity contribution in [3.63, 3.8) is 0 Å². The van der Waals surface area contributed by atoms with Gasteiger partial charge in [-0.05, 0) is 31.2 Å². The quantitative estimate of drug-likeness (QED) is 0.759. The van der Waals surface area contributed by atoms with Crippen molar-refractivity contribution in [3.8, 4) is 5.75 Å². The highest BCUT2D eigenvalue weighted by atomic mass is 16.5. The number of aromatic nitrogens is 2. The molecule has 1 aromatic heterocycles. The third kappa shape index (κ3) is 3.54. The van der Waals surface area contributed by atoms with Crippen molar-refractivity contribution in [3.05, 3.63) is 59.9 Å². The first-order valence-corrected chi connectivity index (χ1v) is 7.99. The van der Waals surface area contributed by atoms with Crippen LogP contribution in [0.3, 0.4) is 0 Å². The fourth-order valence-electron chi connectivity index (χ4n) is 2.69. The van der Waals surface area contributed by atoms with E-state index in [1.807, 2.05) is 55.5 Å². The van der Waals surface area contributed by atoms with E-state index in [2.05, 4.69) is 16.5 Å². The fraction of sp³-hybridized carbons (Fsp3) is 0.316. The summed E-state index contributed by atoms with van der Waals surface area (Å²) in [5.41, 5.74) is 3.21. The molecule has 0 aliphatic carbocycles. The van der Waals surface area contributed by atoms with E-state index in [0.717, 1.165) is 29.0 Å². The Hall–Kier alpha value is -2.33. The van der Waals surface area contributed by atoms with Gasteiger partial charge in [-0.25, -0.2) is 4.98 Å². The molecule has 3 aromatic rings. The van der Waals surface area contributed by atoms with Gasteiger partial charge in [0, 0.05) is 6.42 Å². The molecule has 0 amide bonds. The molecule has 2 aromatic carbocycles. The van der Waals surface area contributed by atoms with Crippen LogP contribution in [-0.4, -0.2) is 27.4 Å². The molecule has 1 atom stereocenters. The second-order valence-electron chi connectivity index (χ2n) is 5.76. The van der Waals surface area contributed by atoms with E-state index in [4.69, 9.17) is 4.74 Å². The first-order valence-electron chi connectivity index (χ1n) is 7.99. The Kier molecular flexibility index (Phi) is 4.63. The smallest absolute Gasteiger partial charge is 0.119 e. The third-order valence-corrected chi connectivity index (χ3v) is 3.91. The van der Waals surface area contributed by atoms with Crippen molar-refractivity contribution in [2.24, 2.45) is 0 Å². The lowest BCUT2D eigenvalue weighted by Gasteiger charge is -2.15. The number of imidazole rings is 1. The summed E-state index contributed by atoms with van der Waals surface area (Å²) in [7, 11) is 0. The minimum Gasteiger partial charge on any atom is -0.491 e. The molecule has 0 saturated carbocycles. The average molecular weight is 310 g/mol. The Morgan fingerprint density at radius 2 is 1.87 bits per heavy atom. The molecule has 0 bridgehead atoms. The molecule has 0 saturated heterocycles. The molecule has 0 aliphatic heterocycles. The van der Waals surface area contributed by atoms with E-state index in [0.29, 0.717) is 6.54 Å². The zero-order chi connectivity index (χ0) is 16.2. The molecule has 0 unspecified atom stereocenters. The maximum absolute atomic E-state index is 10.3. The zero-order valence-electron chi connectivity index (χ0n) is 13.6. The van der Waals surface area contributed by atoms with Gasteiger partial charge in [-0.1, -0.05) is 36.8 Å². The molecule has 1 N–H and O–H groups in total. The van der Waals surface area contributed by atoms with Crippen molar-refractivity contribution in [1.82, 2.24) is 9.55 Å². The Balaban J connectivity index is 1.70. The monoisotopic (exact) mass is 310 g/mol. The number of hydrogen-bond donors (Lipinski definition) is 1. The number of rotatable bonds is 6. The van der Waals surface area contributed by atoms with Crippen molar-refractivity contribution in [1.29, 1.82) is 0 Å². The summed E-state index contributed by atoms with van der Waals surface area (Å²) >= 11 is 0. The van der Waals surface area contributed by atoms with E-state index >= 15 is 0 Å². The van der Waals surface area contributed by atoms with Gasteiger partial charge < -0.3 is 14.4 Å². The van der Waals surface area contributed by atoms with Gasteiger partial charge in [0.05, 0.1) is 17.6 Å². The topological polar surface area (TPSA) is 47.3 Å². The van der Waals surface area contributed by atoms with E-state index in [9.17, 15) is 5.11 Å². The summed E-state index contributed by atoms with van der Waals surface area (Å²) in [5, 5.41) is 10.3. The van der Waals surface area contributed by atoms with Crippen LogP contribution in [0.25, 0.3) is 11.0 Å². The molecule has 0 fully saturated rings. The molecule has 120 valence electrons. The predicted molar refractivity (Wildman–Crippen MR) is 91.8 cm³/mol. The van der Waals surface area contributed by atoms with Crippen molar-refractivity contribution in [2.75, 3.05) is 6.61 Å². The number of nitrogens with zero attached hydrogens (tertiary/aromatic N) is 2. The van der Waals surface area contributed by atoms with Crippen LogP contribution in [0.2, 0.25) is 0 Å². The van der Waals surface area contributed by atoms with E-state index in [-0.39, 0.29) is 6.61 Å². The van der Waals surface area contributed by atoms with Gasteiger partial charge in [0.2, 0.25) is 0 Å². The molecule has 0 spiro atoms. The number of benzene rings is 2. The van der Waals surface area contributed by atoms with Crippen LogP contribution >= 0.6 is 0 Å². The van der Waals surface area contributed by atoms with E-state index in [1.54, 1.807) is 0 Å². The van der Waals surface area contributed by atoms with E-state index in [1.165, 1.54) is 5.56 Å². The van der Waals surface area contributed by atoms with Gasteiger partial charge in [0.15, 0.2) is 0 Å². The van der Waals surface area contributed by atoms with Crippen LogP contribution in [0.1, 0.15) is 18.3 Å². The van der Waals surface area contributed by atoms with Gasteiger partial charge in [0.1, 0.15) is 24.3 Å². The largest absolute Gasteiger partial charge is 0.491 e. The number of fused-ring (bicyclic) bond motifs is 1. The molecule has 3 rings (SSSR count). The van der Waals surface area contributed by atoms with Crippen LogP contribution in [0, 0.1) is 6.92 Å². The average Bonchev–Trinajstić information content (AvgIpc) is 2.92. The van der Waals surface area contributed by atoms with Crippen molar-refractivity contribution in [2.45, 2.75) is 32.9 Å². The first-order chi connectivity index (χ1) is 11.2. The number of aryl methyl sites for hydroxylation is 2. The summed E-state index contributed by atoms with van der Waals surface area (Å²) in [6.45, 7) is 4.86. The number of para-hydroxylation sites is 2. The Bertz CT molecular complexity index is 778. The molecule has 23 heavy (non-hydrogen) atoms. The molecule has 1 heterocycles. The minimum atomic E-state index is -0.584. The first kappa shape index (κ1) is 15.6. The summed E-state index contributed by atoms with van der Waals surface area (Å²) in [4.78, 5) is 4.62. The summed E-state index contributed by atoms with van der Waals surface area (Å²) in [6.07, 6.45) is 0.249. The van der Waals surface area contributed by atoms with Gasteiger partial charge >= 0.3 is 0 Å². The lowest BCUT2D eigenvalue weighted by Crippen LogP contribution is -2.24. The van der Waals surface area contributed by atoms with E-state index < -0.39 is 6.10 Å². The Morgan fingerprint density at radius 3 is 2.61 bits per heavy atom. The number of hydrogen-bond acceptors (Lipinski definition) is 3. The molecular formula is C19H22N2O2. The SMILES string of the molecule is CCc1nc2ccccc2n1C[C@H](O)COc1ccc(C)cc1. The summed E-state index contributed by atoms with van der Waals surface area (Å²) < 4.78 is 7.76. The molecule has 0 aliphatic rings. The second kappa shape index (κ2) is 6.84. The molecule has 4 heteroatoms. The Morgan fingerprint density at radius 1 is 1.13 bits per heavy atom. The Labute approximate surface area is 136 Å². The zero-order valence-corrected chi connectivity index (χ0v) is 13.6. The van der Waals surface area contributed by atoms with Crippen LogP contribution < -0.4 is 4.74 Å². The number of aliphatic hydroxyl groups excluding tert-OH is 1. The van der Waals surface area contributed by atoms with Crippen LogP contribution in [-0.2, 0) is 13.0 Å². The number of ether oxygens (including phenoxy) is 1. The maximum Gasteiger partial charge on any atom is 0.119 e. The summed E-state index contributed by atoms with van der Waals surface area (Å²) in [6, 6.07) is 15.9. The number of aliphatic hydroxyl groups is 1. The summed E-state index contributed by atoms with van der Waals surface area (Å²) in [5.74, 6) is 1.77. The van der Waals surface area contributed by atoms with Crippen LogP contribution in [0.5, 0.6) is 5.75 Å². The molecule has 4 nitrogen and oxygen atoms in total. The van der Waals surface area contributed by atoms with Gasteiger partial charge in [-0.15, -0.1) is 0 Å². The lowest BCUT2D eigenvalue weighted by atomic mass is 10.2. The maximum atomic E-state index is 10.3. The highest BCUT2D eigenvalue weighted by Gasteiger charge is 2.13. The predicted octanol–water partition coefficient (Wildman–Crippen LogP) is 3.35. The standard InChI is InChI=1S/C19H22N2O2/c1-3-19-20-17-6-4-5-7-18(17)21(19)12-15(22)13-23-16-10-8-14(2)9-11-16/h4-11,15,22H,3,12-13H2,1-2H3/t15-/m0/s1. The van der Waals surface area contributed by atoms with Gasteiger partial charge in [-0.2, -0.15) is 0 Å². The minimum absolute atomic E-state index is 0.263. The normalized spacial score (nSPS) is 12.5. The highest BCUT2D eigenvalue weighted by molar-refractivity contribution is 5.75. The molecular weight excluding hydrogens is 288 g/mol. The van der Waals surface area contributed by atoms with Crippen molar-refractivity contribution < 1.29 is 9.84 Å².